The van der Waals surface area contributed by atoms with Gasteiger partial charge >= 0.3 is 0 Å². The molecule has 2 rings (SSSR count). The van der Waals surface area contributed by atoms with E-state index in [-0.39, 0.29) is 24.2 Å². The molecule has 24 heavy (non-hydrogen) atoms. The Morgan fingerprint density at radius 1 is 1.29 bits per heavy atom. The maximum Gasteiger partial charge on any atom is 0.230 e. The Morgan fingerprint density at radius 2 is 2.08 bits per heavy atom. The number of aromatic nitrogens is 1. The molecular weight excluding hydrogens is 307 g/mol. The maximum absolute atomic E-state index is 13.4. The fourth-order valence-corrected chi connectivity index (χ4v) is 2.48. The van der Waals surface area contributed by atoms with Crippen LogP contribution in [-0.2, 0) is 16.6 Å². The first-order chi connectivity index (χ1) is 11.4. The molecule has 0 aliphatic rings. The monoisotopic (exact) mass is 330 g/mol. The molecule has 2 N–H and O–H groups in total. The molecule has 5 heteroatoms. The number of pyridine rings is 1. The number of carbonyl (C=O) groups excluding carboxylic acids is 1. The normalized spacial score (nSPS) is 12.7. The van der Waals surface area contributed by atoms with Crippen molar-refractivity contribution in [3.8, 4) is 0 Å². The second kappa shape index (κ2) is 8.02. The number of hydrogen-bond acceptors (Lipinski definition) is 3. The van der Waals surface area contributed by atoms with E-state index >= 15 is 0 Å². The zero-order valence-corrected chi connectivity index (χ0v) is 14.0. The first-order valence-corrected chi connectivity index (χ1v) is 7.98. The number of aliphatic hydroxyl groups is 1. The van der Waals surface area contributed by atoms with Crippen molar-refractivity contribution in [2.45, 2.75) is 25.7 Å². The van der Waals surface area contributed by atoms with Crippen LogP contribution in [0.25, 0.3) is 0 Å². The van der Waals surface area contributed by atoms with E-state index in [1.54, 1.807) is 32.2 Å². The minimum absolute atomic E-state index is 0.0444. The highest BCUT2D eigenvalue weighted by molar-refractivity contribution is 5.87. The number of nitrogens with one attached hydrogen (secondary N) is 1. The van der Waals surface area contributed by atoms with E-state index in [2.05, 4.69) is 10.3 Å². The molecule has 0 bridgehead atoms. The van der Waals surface area contributed by atoms with E-state index in [0.29, 0.717) is 18.5 Å². The van der Waals surface area contributed by atoms with E-state index in [1.807, 2.05) is 18.2 Å². The average molecular weight is 330 g/mol. The van der Waals surface area contributed by atoms with Crippen LogP contribution in [0, 0.1) is 11.7 Å². The van der Waals surface area contributed by atoms with Gasteiger partial charge in [0.25, 0.3) is 0 Å². The lowest BCUT2D eigenvalue weighted by Crippen LogP contribution is -2.43. The van der Waals surface area contributed by atoms with Gasteiger partial charge in [-0.2, -0.15) is 0 Å². The molecule has 1 aromatic carbocycles. The summed E-state index contributed by atoms with van der Waals surface area (Å²) in [5, 5.41) is 12.4. The van der Waals surface area contributed by atoms with Crippen molar-refractivity contribution in [1.29, 1.82) is 0 Å². The van der Waals surface area contributed by atoms with E-state index < -0.39 is 5.41 Å². The summed E-state index contributed by atoms with van der Waals surface area (Å²) in [6.07, 6.45) is 2.29. The van der Waals surface area contributed by atoms with Gasteiger partial charge < -0.3 is 10.4 Å². The third-order valence-corrected chi connectivity index (χ3v) is 4.15. The molecule has 1 atom stereocenters. The molecule has 0 saturated carbocycles. The lowest BCUT2D eigenvalue weighted by molar-refractivity contribution is -0.125. The fourth-order valence-electron chi connectivity index (χ4n) is 2.48. The summed E-state index contributed by atoms with van der Waals surface area (Å²) in [4.78, 5) is 16.8. The molecule has 1 heterocycles. The maximum atomic E-state index is 13.4. The van der Waals surface area contributed by atoms with Crippen molar-refractivity contribution in [1.82, 2.24) is 10.3 Å². The van der Waals surface area contributed by atoms with Crippen LogP contribution in [0.1, 0.15) is 25.1 Å². The molecule has 0 spiro atoms. The van der Waals surface area contributed by atoms with Crippen LogP contribution in [0.2, 0.25) is 0 Å². The molecule has 1 unspecified atom stereocenters. The standard InChI is InChI=1S/C19H23FN2O2/c1-19(2,15-6-5-7-16(20)11-15)18(24)22-12-14(13-23)10-17-8-3-4-9-21-17/h3-9,11,14,23H,10,12-13H2,1-2H3,(H,22,24). The topological polar surface area (TPSA) is 62.2 Å². The third kappa shape index (κ3) is 4.61. The lowest BCUT2D eigenvalue weighted by atomic mass is 9.83. The van der Waals surface area contributed by atoms with Crippen molar-refractivity contribution in [2.24, 2.45) is 5.92 Å². The van der Waals surface area contributed by atoms with Gasteiger partial charge in [-0.3, -0.25) is 9.78 Å². The molecule has 0 radical (unpaired) electrons. The van der Waals surface area contributed by atoms with Gasteiger partial charge in [0.05, 0.1) is 5.41 Å². The quantitative estimate of drug-likeness (QED) is 0.820. The molecule has 0 aliphatic carbocycles. The van der Waals surface area contributed by atoms with Crippen molar-refractivity contribution in [2.75, 3.05) is 13.2 Å². The Hall–Kier alpha value is -2.27. The average Bonchev–Trinajstić information content (AvgIpc) is 2.59. The van der Waals surface area contributed by atoms with Crippen LogP contribution < -0.4 is 5.32 Å². The van der Waals surface area contributed by atoms with Crippen LogP contribution >= 0.6 is 0 Å². The summed E-state index contributed by atoms with van der Waals surface area (Å²) in [6, 6.07) is 11.7. The SMILES string of the molecule is CC(C)(C(=O)NCC(CO)Cc1ccccn1)c1cccc(F)c1. The molecule has 1 amide bonds. The smallest absolute Gasteiger partial charge is 0.230 e. The first-order valence-electron chi connectivity index (χ1n) is 7.98. The lowest BCUT2D eigenvalue weighted by Gasteiger charge is -2.25. The number of carbonyl (C=O) groups is 1. The highest BCUT2D eigenvalue weighted by Gasteiger charge is 2.30. The van der Waals surface area contributed by atoms with Crippen LogP contribution in [-0.4, -0.2) is 29.1 Å². The molecule has 1 aromatic heterocycles. The Kier molecular flexibility index (Phi) is 6.04. The number of rotatable bonds is 7. The van der Waals surface area contributed by atoms with Crippen molar-refractivity contribution in [3.63, 3.8) is 0 Å². The molecule has 2 aromatic rings. The van der Waals surface area contributed by atoms with Gasteiger partial charge in [-0.05, 0) is 50.1 Å². The summed E-state index contributed by atoms with van der Waals surface area (Å²) in [5.74, 6) is -0.684. The Morgan fingerprint density at radius 3 is 2.71 bits per heavy atom. The van der Waals surface area contributed by atoms with Gasteiger partial charge in [0, 0.05) is 31.0 Å². The molecule has 0 saturated heterocycles. The van der Waals surface area contributed by atoms with Crippen LogP contribution in [0.3, 0.4) is 0 Å². The van der Waals surface area contributed by atoms with Gasteiger partial charge in [0.15, 0.2) is 0 Å². The highest BCUT2D eigenvalue weighted by Crippen LogP contribution is 2.24. The highest BCUT2D eigenvalue weighted by atomic mass is 19.1. The molecular formula is C19H23FN2O2. The van der Waals surface area contributed by atoms with Crippen molar-refractivity contribution >= 4 is 5.91 Å². The number of halogens is 1. The fraction of sp³-hybridized carbons (Fsp3) is 0.368. The summed E-state index contributed by atoms with van der Waals surface area (Å²) in [5.41, 5.74) is 0.632. The minimum atomic E-state index is -0.854. The van der Waals surface area contributed by atoms with Gasteiger partial charge in [0.2, 0.25) is 5.91 Å². The van der Waals surface area contributed by atoms with Gasteiger partial charge in [-0.15, -0.1) is 0 Å². The van der Waals surface area contributed by atoms with E-state index in [4.69, 9.17) is 0 Å². The van der Waals surface area contributed by atoms with Crippen LogP contribution in [0.5, 0.6) is 0 Å². The zero-order chi connectivity index (χ0) is 17.6. The predicted octanol–water partition coefficient (Wildman–Crippen LogP) is 2.47. The minimum Gasteiger partial charge on any atom is -0.396 e. The number of hydrogen-bond donors (Lipinski definition) is 2. The van der Waals surface area contributed by atoms with Crippen LogP contribution in [0.15, 0.2) is 48.7 Å². The number of nitrogens with zero attached hydrogens (tertiary/aromatic N) is 1. The third-order valence-electron chi connectivity index (χ3n) is 4.15. The number of amides is 1. The largest absolute Gasteiger partial charge is 0.396 e. The Balaban J connectivity index is 1.97. The Labute approximate surface area is 141 Å². The predicted molar refractivity (Wildman–Crippen MR) is 91.0 cm³/mol. The van der Waals surface area contributed by atoms with E-state index in [9.17, 15) is 14.3 Å². The number of benzene rings is 1. The second-order valence-corrected chi connectivity index (χ2v) is 6.42. The molecule has 0 fully saturated rings. The van der Waals surface area contributed by atoms with E-state index in [0.717, 1.165) is 5.69 Å². The van der Waals surface area contributed by atoms with Crippen molar-refractivity contribution in [3.05, 3.63) is 65.7 Å². The molecule has 128 valence electrons. The van der Waals surface area contributed by atoms with Gasteiger partial charge in [-0.25, -0.2) is 4.39 Å². The first kappa shape index (κ1) is 18.1. The zero-order valence-electron chi connectivity index (χ0n) is 14.0. The Bertz CT molecular complexity index is 674. The molecule has 0 aliphatic heterocycles. The summed E-state index contributed by atoms with van der Waals surface area (Å²) in [7, 11) is 0. The molecule has 4 nitrogen and oxygen atoms in total. The van der Waals surface area contributed by atoms with Gasteiger partial charge in [-0.1, -0.05) is 18.2 Å². The van der Waals surface area contributed by atoms with Crippen LogP contribution in [0.4, 0.5) is 4.39 Å². The summed E-state index contributed by atoms with van der Waals surface area (Å²) < 4.78 is 13.4. The second-order valence-electron chi connectivity index (χ2n) is 6.42. The summed E-state index contributed by atoms with van der Waals surface area (Å²) >= 11 is 0. The van der Waals surface area contributed by atoms with Crippen molar-refractivity contribution < 1.29 is 14.3 Å². The van der Waals surface area contributed by atoms with Gasteiger partial charge in [0.1, 0.15) is 5.82 Å². The number of aliphatic hydroxyl groups excluding tert-OH is 1. The van der Waals surface area contributed by atoms with E-state index in [1.165, 1.54) is 12.1 Å². The summed E-state index contributed by atoms with van der Waals surface area (Å²) in [6.45, 7) is 3.80.